The van der Waals surface area contributed by atoms with Crippen LogP contribution in [0.25, 0.3) is 0 Å². The molecule has 0 unspecified atom stereocenters. The van der Waals surface area contributed by atoms with Crippen molar-refractivity contribution in [2.24, 2.45) is 0 Å². The number of aromatic hydroxyl groups is 1. The van der Waals surface area contributed by atoms with Gasteiger partial charge in [0.1, 0.15) is 5.56 Å². The number of rotatable bonds is 3. The van der Waals surface area contributed by atoms with Gasteiger partial charge in [0.2, 0.25) is 5.88 Å². The molecule has 0 aliphatic carbocycles. The first kappa shape index (κ1) is 9.57. The highest BCUT2D eigenvalue weighted by molar-refractivity contribution is 5.91. The van der Waals surface area contributed by atoms with Crippen LogP contribution in [-0.2, 0) is 11.3 Å². The van der Waals surface area contributed by atoms with E-state index >= 15 is 0 Å². The fourth-order valence-corrected chi connectivity index (χ4v) is 0.963. The van der Waals surface area contributed by atoms with Gasteiger partial charge in [0.25, 0.3) is 0 Å². The number of nitrogens with zero attached hydrogens (tertiary/aromatic N) is 2. The number of aryl methyl sites for hydroxylation is 1. The van der Waals surface area contributed by atoms with Crippen LogP contribution in [0.4, 0.5) is 0 Å². The number of hydrogen-bond donors (Lipinski definition) is 1. The molecule has 1 aromatic heterocycles. The molecule has 0 aliphatic rings. The second-order valence-corrected chi connectivity index (χ2v) is 2.42. The number of esters is 1. The van der Waals surface area contributed by atoms with E-state index in [1.807, 2.05) is 6.92 Å². The van der Waals surface area contributed by atoms with Crippen molar-refractivity contribution in [3.8, 4) is 5.88 Å². The minimum Gasteiger partial charge on any atom is -0.493 e. The molecule has 5 heteroatoms. The predicted molar refractivity (Wildman–Crippen MR) is 45.5 cm³/mol. The van der Waals surface area contributed by atoms with E-state index in [1.54, 1.807) is 6.92 Å². The Morgan fingerprint density at radius 3 is 2.85 bits per heavy atom. The summed E-state index contributed by atoms with van der Waals surface area (Å²) in [7, 11) is 0. The first-order valence-corrected chi connectivity index (χ1v) is 4.12. The van der Waals surface area contributed by atoms with Crippen LogP contribution < -0.4 is 0 Å². The molecule has 0 saturated carbocycles. The summed E-state index contributed by atoms with van der Waals surface area (Å²) >= 11 is 0. The predicted octanol–water partition coefficient (Wildman–Crippen LogP) is 0.785. The van der Waals surface area contributed by atoms with E-state index in [4.69, 9.17) is 4.74 Å². The van der Waals surface area contributed by atoms with Crippen LogP contribution in [0.2, 0.25) is 0 Å². The second kappa shape index (κ2) is 3.93. The lowest BCUT2D eigenvalue weighted by Crippen LogP contribution is -2.04. The van der Waals surface area contributed by atoms with Crippen molar-refractivity contribution in [1.29, 1.82) is 0 Å². The summed E-state index contributed by atoms with van der Waals surface area (Å²) in [6.07, 6.45) is 1.30. The van der Waals surface area contributed by atoms with E-state index in [2.05, 4.69) is 5.10 Å². The Labute approximate surface area is 75.9 Å². The van der Waals surface area contributed by atoms with Gasteiger partial charge in [0.15, 0.2) is 0 Å². The van der Waals surface area contributed by atoms with E-state index in [0.29, 0.717) is 6.54 Å². The zero-order valence-corrected chi connectivity index (χ0v) is 7.65. The maximum Gasteiger partial charge on any atom is 0.345 e. The highest BCUT2D eigenvalue weighted by atomic mass is 16.5. The van der Waals surface area contributed by atoms with Crippen molar-refractivity contribution in [2.75, 3.05) is 6.61 Å². The van der Waals surface area contributed by atoms with Gasteiger partial charge in [0, 0.05) is 6.54 Å². The summed E-state index contributed by atoms with van der Waals surface area (Å²) in [6.45, 7) is 4.33. The topological polar surface area (TPSA) is 64.3 Å². The number of aromatic nitrogens is 2. The molecule has 0 aliphatic heterocycles. The fraction of sp³-hybridized carbons (Fsp3) is 0.500. The first-order chi connectivity index (χ1) is 6.20. The van der Waals surface area contributed by atoms with Crippen molar-refractivity contribution in [3.63, 3.8) is 0 Å². The van der Waals surface area contributed by atoms with E-state index < -0.39 is 5.97 Å². The molecule has 0 spiro atoms. The maximum absolute atomic E-state index is 11.2. The molecular weight excluding hydrogens is 172 g/mol. The van der Waals surface area contributed by atoms with Gasteiger partial charge in [-0.2, -0.15) is 5.10 Å². The normalized spacial score (nSPS) is 10.0. The molecule has 0 radical (unpaired) electrons. The summed E-state index contributed by atoms with van der Waals surface area (Å²) in [4.78, 5) is 11.2. The lowest BCUT2D eigenvalue weighted by molar-refractivity contribution is 0.0522. The lowest BCUT2D eigenvalue weighted by atomic mass is 10.3. The Kier molecular flexibility index (Phi) is 2.89. The summed E-state index contributed by atoms with van der Waals surface area (Å²) in [6, 6.07) is 0. The zero-order valence-electron chi connectivity index (χ0n) is 7.65. The molecule has 0 saturated heterocycles. The maximum atomic E-state index is 11.2. The van der Waals surface area contributed by atoms with Gasteiger partial charge in [-0.25, -0.2) is 9.48 Å². The molecule has 1 N–H and O–H groups in total. The molecular formula is C8H12N2O3. The molecule has 72 valence electrons. The molecule has 5 nitrogen and oxygen atoms in total. The molecule has 13 heavy (non-hydrogen) atoms. The van der Waals surface area contributed by atoms with Gasteiger partial charge < -0.3 is 9.84 Å². The lowest BCUT2D eigenvalue weighted by Gasteiger charge is -2.00. The van der Waals surface area contributed by atoms with Crippen LogP contribution in [0, 0.1) is 0 Å². The largest absolute Gasteiger partial charge is 0.493 e. The van der Waals surface area contributed by atoms with E-state index in [9.17, 15) is 9.90 Å². The van der Waals surface area contributed by atoms with E-state index in [1.165, 1.54) is 10.9 Å². The Morgan fingerprint density at radius 1 is 1.69 bits per heavy atom. The monoisotopic (exact) mass is 184 g/mol. The number of carbonyl (C=O) groups excluding carboxylic acids is 1. The summed E-state index contributed by atoms with van der Waals surface area (Å²) in [5.41, 5.74) is 0.115. The second-order valence-electron chi connectivity index (χ2n) is 2.42. The highest BCUT2D eigenvalue weighted by Gasteiger charge is 2.16. The molecule has 0 fully saturated rings. The van der Waals surface area contributed by atoms with Crippen LogP contribution in [0.1, 0.15) is 24.2 Å². The minimum absolute atomic E-state index is 0.115. The molecule has 0 bridgehead atoms. The van der Waals surface area contributed by atoms with Gasteiger partial charge in [0.05, 0.1) is 12.8 Å². The smallest absolute Gasteiger partial charge is 0.345 e. The number of ether oxygens (including phenoxy) is 1. The number of carbonyl (C=O) groups is 1. The zero-order chi connectivity index (χ0) is 9.84. The SMILES string of the molecule is CCOC(=O)c1cnn(CC)c1O. The quantitative estimate of drug-likeness (QED) is 0.705. The molecule has 0 amide bonds. The first-order valence-electron chi connectivity index (χ1n) is 4.12. The molecule has 1 aromatic rings. The summed E-state index contributed by atoms with van der Waals surface area (Å²) < 4.78 is 6.04. The third-order valence-corrected chi connectivity index (χ3v) is 1.61. The average molecular weight is 184 g/mol. The van der Waals surface area contributed by atoms with Crippen molar-refractivity contribution in [1.82, 2.24) is 9.78 Å². The van der Waals surface area contributed by atoms with Crippen LogP contribution in [0.5, 0.6) is 5.88 Å². The third-order valence-electron chi connectivity index (χ3n) is 1.61. The van der Waals surface area contributed by atoms with Gasteiger partial charge >= 0.3 is 5.97 Å². The number of hydrogen-bond acceptors (Lipinski definition) is 4. The van der Waals surface area contributed by atoms with Crippen molar-refractivity contribution >= 4 is 5.97 Å². The fourth-order valence-electron chi connectivity index (χ4n) is 0.963. The van der Waals surface area contributed by atoms with Gasteiger partial charge in [-0.1, -0.05) is 0 Å². The van der Waals surface area contributed by atoms with Crippen molar-refractivity contribution in [3.05, 3.63) is 11.8 Å². The Bertz CT molecular complexity index is 306. The van der Waals surface area contributed by atoms with Crippen molar-refractivity contribution in [2.45, 2.75) is 20.4 Å². The third kappa shape index (κ3) is 1.80. The van der Waals surface area contributed by atoms with Crippen LogP contribution >= 0.6 is 0 Å². The average Bonchev–Trinajstić information content (AvgIpc) is 2.47. The highest BCUT2D eigenvalue weighted by Crippen LogP contribution is 2.16. The Morgan fingerprint density at radius 2 is 2.38 bits per heavy atom. The minimum atomic E-state index is -0.542. The molecule has 0 aromatic carbocycles. The van der Waals surface area contributed by atoms with Crippen LogP contribution in [0.15, 0.2) is 6.20 Å². The van der Waals surface area contributed by atoms with E-state index in [0.717, 1.165) is 0 Å². The Balaban J connectivity index is 2.89. The summed E-state index contributed by atoms with van der Waals surface area (Å²) in [5.74, 6) is -0.680. The molecule has 1 heterocycles. The van der Waals surface area contributed by atoms with Crippen molar-refractivity contribution < 1.29 is 14.6 Å². The van der Waals surface area contributed by atoms with Gasteiger partial charge in [-0.15, -0.1) is 0 Å². The standard InChI is InChI=1S/C8H12N2O3/c1-3-10-7(11)6(5-9-10)8(12)13-4-2/h5,11H,3-4H2,1-2H3. The van der Waals surface area contributed by atoms with Gasteiger partial charge in [-0.3, -0.25) is 0 Å². The van der Waals surface area contributed by atoms with Crippen LogP contribution in [-0.4, -0.2) is 27.5 Å². The van der Waals surface area contributed by atoms with E-state index in [-0.39, 0.29) is 18.1 Å². The molecule has 1 rings (SSSR count). The Hall–Kier alpha value is -1.52. The van der Waals surface area contributed by atoms with Gasteiger partial charge in [-0.05, 0) is 13.8 Å². The van der Waals surface area contributed by atoms with Crippen LogP contribution in [0.3, 0.4) is 0 Å². The summed E-state index contributed by atoms with van der Waals surface area (Å²) in [5, 5.41) is 13.2. The molecule has 0 atom stereocenters.